The van der Waals surface area contributed by atoms with Crippen molar-refractivity contribution >= 4 is 11.8 Å². The van der Waals surface area contributed by atoms with Gasteiger partial charge in [-0.25, -0.2) is 0 Å². The summed E-state index contributed by atoms with van der Waals surface area (Å²) in [5.41, 5.74) is 7.17. The van der Waals surface area contributed by atoms with Gasteiger partial charge in [0.2, 0.25) is 0 Å². The van der Waals surface area contributed by atoms with Crippen LogP contribution in [0.4, 0.5) is 0 Å². The fourth-order valence-electron chi connectivity index (χ4n) is 7.34. The van der Waals surface area contributed by atoms with Gasteiger partial charge >= 0.3 is 0 Å². The zero-order valence-electron chi connectivity index (χ0n) is 29.6. The van der Waals surface area contributed by atoms with E-state index in [1.54, 1.807) is 0 Å². The van der Waals surface area contributed by atoms with E-state index in [0.717, 1.165) is 47.9 Å². The van der Waals surface area contributed by atoms with Crippen LogP contribution in [-0.4, -0.2) is 20.7 Å². The second kappa shape index (κ2) is 12.3. The Kier molecular flexibility index (Phi) is 9.80. The molecule has 3 heteroatoms. The second-order valence-electron chi connectivity index (χ2n) is 16.5. The van der Waals surface area contributed by atoms with Crippen molar-refractivity contribution in [2.24, 2.45) is 0 Å². The number of benzene rings is 2. The Bertz CT molecular complexity index is 1130. The molecule has 4 atom stereocenters. The summed E-state index contributed by atoms with van der Waals surface area (Å²) in [6, 6.07) is 9.52. The molecule has 2 aromatic rings. The number of phenolic OH excluding ortho intramolecular Hbond substituents is 2. The summed E-state index contributed by atoms with van der Waals surface area (Å²) >= 11 is 2.24. The summed E-state index contributed by atoms with van der Waals surface area (Å²) in [6.07, 6.45) is 8.87. The number of phenols is 2. The van der Waals surface area contributed by atoms with Crippen molar-refractivity contribution in [3.63, 3.8) is 0 Å². The van der Waals surface area contributed by atoms with Crippen LogP contribution in [0, 0.1) is 0 Å². The van der Waals surface area contributed by atoms with Gasteiger partial charge in [0.15, 0.2) is 0 Å². The quantitative estimate of drug-likeness (QED) is 0.283. The molecule has 2 saturated heterocycles. The number of rotatable bonds is 10. The lowest BCUT2D eigenvalue weighted by Gasteiger charge is -2.45. The molecule has 43 heavy (non-hydrogen) atoms. The minimum absolute atomic E-state index is 0.0620. The molecule has 2 aliphatic rings. The molecule has 0 amide bonds. The molecule has 4 unspecified atom stereocenters. The van der Waals surface area contributed by atoms with Crippen molar-refractivity contribution in [2.45, 2.75) is 178 Å². The van der Waals surface area contributed by atoms with Gasteiger partial charge in [-0.15, -0.1) is 0 Å². The van der Waals surface area contributed by atoms with Crippen LogP contribution in [0.2, 0.25) is 0 Å². The molecule has 0 saturated carbocycles. The van der Waals surface area contributed by atoms with Crippen molar-refractivity contribution in [1.82, 2.24) is 0 Å². The third-order valence-corrected chi connectivity index (χ3v) is 14.2. The van der Waals surface area contributed by atoms with Crippen LogP contribution < -0.4 is 0 Å². The third-order valence-electron chi connectivity index (χ3n) is 12.3. The maximum Gasteiger partial charge on any atom is 0.123 e. The molecule has 4 rings (SSSR count). The Morgan fingerprint density at radius 3 is 1.00 bits per heavy atom. The van der Waals surface area contributed by atoms with Crippen molar-refractivity contribution < 1.29 is 10.2 Å². The van der Waals surface area contributed by atoms with Crippen molar-refractivity contribution in [2.75, 3.05) is 0 Å². The molecular weight excluding hydrogens is 545 g/mol. The molecular formula is C40H62O2S. The summed E-state index contributed by atoms with van der Waals surface area (Å²) in [5.74, 6) is 2.11. The summed E-state index contributed by atoms with van der Waals surface area (Å²) in [4.78, 5) is 0. The molecule has 2 nitrogen and oxygen atoms in total. The molecule has 240 valence electrons. The lowest BCUT2D eigenvalue weighted by Crippen LogP contribution is -2.35. The number of fused-ring (bicyclic) bond motifs is 2. The van der Waals surface area contributed by atoms with Gasteiger partial charge in [-0.3, -0.25) is 0 Å². The fourth-order valence-corrected chi connectivity index (χ4v) is 9.30. The zero-order valence-corrected chi connectivity index (χ0v) is 30.4. The Morgan fingerprint density at radius 2 is 0.767 bits per heavy atom. The smallest absolute Gasteiger partial charge is 0.123 e. The predicted molar refractivity (Wildman–Crippen MR) is 189 cm³/mol. The number of hydrogen-bond acceptors (Lipinski definition) is 3. The lowest BCUT2D eigenvalue weighted by atomic mass is 9.71. The van der Waals surface area contributed by atoms with E-state index < -0.39 is 0 Å². The van der Waals surface area contributed by atoms with E-state index in [-0.39, 0.29) is 21.7 Å². The standard InChI is InChI=1S/C40H62O2S/c1-13-37(5,6)29-21-25(22-30(35(29)41)38(7,8)14-2)27-17-19-34-28(18-20-33(27)43-34)26-23-31(39(9,10)15-3)36(42)32(24-26)40(11,12)16-4/h21-24,27-28,33-34,41-42H,13-20H2,1-12H3. The summed E-state index contributed by atoms with van der Waals surface area (Å²) < 4.78 is 0. The Hall–Kier alpha value is -1.61. The number of aromatic hydroxyl groups is 2. The highest BCUT2D eigenvalue weighted by Gasteiger charge is 2.42. The average molecular weight is 607 g/mol. The molecule has 2 aromatic carbocycles. The van der Waals surface area contributed by atoms with Gasteiger partial charge in [0, 0.05) is 32.8 Å². The molecule has 0 aromatic heterocycles. The SMILES string of the molecule is CCC(C)(C)c1cc(C2CCC3SC2CCC3c2cc(C(C)(C)CC)c(O)c(C(C)(C)CC)c2)cc(C(C)(C)CC)c1O. The largest absolute Gasteiger partial charge is 0.507 e. The highest BCUT2D eigenvalue weighted by molar-refractivity contribution is 8.00. The maximum absolute atomic E-state index is 11.6. The minimum atomic E-state index is -0.0620. The van der Waals surface area contributed by atoms with Gasteiger partial charge in [-0.05, 0) is 96.0 Å². The number of thioether (sulfide) groups is 1. The highest BCUT2D eigenvalue weighted by atomic mass is 32.2. The molecule has 0 radical (unpaired) electrons. The summed E-state index contributed by atoms with van der Waals surface area (Å²) in [6.45, 7) is 27.2. The molecule has 2 aliphatic heterocycles. The van der Waals surface area contributed by atoms with E-state index in [4.69, 9.17) is 0 Å². The van der Waals surface area contributed by atoms with Crippen LogP contribution in [0.3, 0.4) is 0 Å². The molecule has 2 fully saturated rings. The minimum Gasteiger partial charge on any atom is -0.507 e. The maximum atomic E-state index is 11.6. The zero-order chi connectivity index (χ0) is 32.1. The van der Waals surface area contributed by atoms with Crippen LogP contribution >= 0.6 is 11.8 Å². The fraction of sp³-hybridized carbons (Fsp3) is 0.700. The molecule has 0 spiro atoms. The normalized spacial score (nSPS) is 23.4. The average Bonchev–Trinajstić information content (AvgIpc) is 2.97. The molecule has 2 N–H and O–H groups in total. The molecule has 2 heterocycles. The van der Waals surface area contributed by atoms with Gasteiger partial charge in [0.05, 0.1) is 0 Å². The lowest BCUT2D eigenvalue weighted by molar-refractivity contribution is 0.387. The van der Waals surface area contributed by atoms with E-state index in [0.29, 0.717) is 33.8 Å². The first kappa shape index (κ1) is 34.3. The van der Waals surface area contributed by atoms with Crippen LogP contribution in [0.15, 0.2) is 24.3 Å². The van der Waals surface area contributed by atoms with Crippen LogP contribution in [0.1, 0.15) is 180 Å². The highest BCUT2D eigenvalue weighted by Crippen LogP contribution is 2.56. The van der Waals surface area contributed by atoms with E-state index in [2.05, 4.69) is 119 Å². The molecule has 2 bridgehead atoms. The topological polar surface area (TPSA) is 40.5 Å². The van der Waals surface area contributed by atoms with Crippen molar-refractivity contribution in [1.29, 1.82) is 0 Å². The first-order valence-corrected chi connectivity index (χ1v) is 18.3. The van der Waals surface area contributed by atoms with Gasteiger partial charge in [0.25, 0.3) is 0 Å². The first-order chi connectivity index (χ1) is 19.9. The molecule has 0 aliphatic carbocycles. The van der Waals surface area contributed by atoms with Gasteiger partial charge < -0.3 is 10.2 Å². The van der Waals surface area contributed by atoms with Gasteiger partial charge in [0.1, 0.15) is 11.5 Å². The Labute approximate surface area is 268 Å². The van der Waals surface area contributed by atoms with E-state index in [9.17, 15) is 10.2 Å². The number of hydrogen-bond donors (Lipinski definition) is 2. The van der Waals surface area contributed by atoms with E-state index in [1.165, 1.54) is 36.8 Å². The first-order valence-electron chi connectivity index (χ1n) is 17.3. The van der Waals surface area contributed by atoms with Crippen LogP contribution in [0.25, 0.3) is 0 Å². The summed E-state index contributed by atoms with van der Waals surface area (Å²) in [5, 5.41) is 24.4. The Morgan fingerprint density at radius 1 is 0.512 bits per heavy atom. The predicted octanol–water partition coefficient (Wildman–Crippen LogP) is 11.8. The summed E-state index contributed by atoms with van der Waals surface area (Å²) in [7, 11) is 0. The Balaban J connectivity index is 1.71. The van der Waals surface area contributed by atoms with Gasteiger partial charge in [-0.2, -0.15) is 11.8 Å². The van der Waals surface area contributed by atoms with Crippen LogP contribution in [-0.2, 0) is 21.7 Å². The van der Waals surface area contributed by atoms with Crippen molar-refractivity contribution in [3.8, 4) is 11.5 Å². The van der Waals surface area contributed by atoms with Crippen molar-refractivity contribution in [3.05, 3.63) is 57.6 Å². The van der Waals surface area contributed by atoms with E-state index in [1.807, 2.05) is 0 Å². The van der Waals surface area contributed by atoms with E-state index >= 15 is 0 Å². The third kappa shape index (κ3) is 6.41. The monoisotopic (exact) mass is 606 g/mol. The van der Waals surface area contributed by atoms with Crippen LogP contribution in [0.5, 0.6) is 11.5 Å². The van der Waals surface area contributed by atoms with Gasteiger partial charge in [-0.1, -0.05) is 107 Å². The second-order valence-corrected chi connectivity index (χ2v) is 17.9.